The van der Waals surface area contributed by atoms with E-state index in [0.717, 1.165) is 7.11 Å². The number of nitrogens with one attached hydrogen (secondary N) is 1. The van der Waals surface area contributed by atoms with E-state index in [4.69, 9.17) is 19.3 Å². The maximum Gasteiger partial charge on any atom is 0.408 e. The predicted octanol–water partition coefficient (Wildman–Crippen LogP) is -1.83. The maximum atomic E-state index is 12.0. The van der Waals surface area contributed by atoms with E-state index in [2.05, 4.69) is 5.32 Å². The number of amides is 1. The standard InChI is InChI=1S/C15H27NO10/c1-14(2,3)26-13(23)16-9-7(18)5-15(24-4,12(21)22)25-11(9)10(20)8(19)6-17/h7-11,17-20H,5-6H2,1-4H3,(H,16,23)(H,21,22)/t7-,8+,9+,10+,11+,15-/m0/s1. The first-order valence-electron chi connectivity index (χ1n) is 7.98. The van der Waals surface area contributed by atoms with Gasteiger partial charge in [-0.25, -0.2) is 9.59 Å². The fourth-order valence-corrected chi connectivity index (χ4v) is 2.55. The molecule has 1 amide bonds. The zero-order chi connectivity index (χ0) is 20.3. The molecular formula is C15H27NO10. The highest BCUT2D eigenvalue weighted by molar-refractivity contribution is 5.76. The molecule has 1 fully saturated rings. The number of ether oxygens (including phenoxy) is 3. The molecule has 0 aromatic rings. The van der Waals surface area contributed by atoms with Crippen LogP contribution in [0.15, 0.2) is 0 Å². The van der Waals surface area contributed by atoms with Gasteiger partial charge >= 0.3 is 12.1 Å². The molecule has 0 unspecified atom stereocenters. The summed E-state index contributed by atoms with van der Waals surface area (Å²) < 4.78 is 15.2. The summed E-state index contributed by atoms with van der Waals surface area (Å²) in [6.07, 6.45) is -8.17. The summed E-state index contributed by atoms with van der Waals surface area (Å²) >= 11 is 0. The maximum absolute atomic E-state index is 12.0. The van der Waals surface area contributed by atoms with Gasteiger partial charge in [0.15, 0.2) is 0 Å². The second-order valence-electron chi connectivity index (χ2n) is 7.03. The molecule has 1 aliphatic heterocycles. The van der Waals surface area contributed by atoms with Crippen LogP contribution in [0.25, 0.3) is 0 Å². The first-order chi connectivity index (χ1) is 11.9. The van der Waals surface area contributed by atoms with Crippen LogP contribution in [-0.4, -0.2) is 93.2 Å². The minimum absolute atomic E-state index is 0.558. The van der Waals surface area contributed by atoms with Gasteiger partial charge in [0.1, 0.15) is 23.9 Å². The molecule has 1 saturated heterocycles. The van der Waals surface area contributed by atoms with Crippen molar-refractivity contribution in [1.29, 1.82) is 0 Å². The number of aliphatic hydroxyl groups is 4. The molecule has 152 valence electrons. The van der Waals surface area contributed by atoms with Crippen LogP contribution in [0.4, 0.5) is 4.79 Å². The summed E-state index contributed by atoms with van der Waals surface area (Å²) in [6.45, 7) is 3.98. The molecular weight excluding hydrogens is 354 g/mol. The molecule has 6 atom stereocenters. The van der Waals surface area contributed by atoms with Gasteiger partial charge in [0.05, 0.1) is 18.8 Å². The number of hydrogen-bond donors (Lipinski definition) is 6. The fraction of sp³-hybridized carbons (Fsp3) is 0.867. The van der Waals surface area contributed by atoms with Crippen molar-refractivity contribution in [3.63, 3.8) is 0 Å². The number of aliphatic hydroxyl groups excluding tert-OH is 4. The monoisotopic (exact) mass is 381 g/mol. The van der Waals surface area contributed by atoms with E-state index < -0.39 is 66.9 Å². The quantitative estimate of drug-likeness (QED) is 0.307. The lowest BCUT2D eigenvalue weighted by Crippen LogP contribution is -2.68. The lowest BCUT2D eigenvalue weighted by atomic mass is 9.88. The third-order valence-electron chi connectivity index (χ3n) is 3.83. The Kier molecular flexibility index (Phi) is 7.33. The fourth-order valence-electron chi connectivity index (χ4n) is 2.55. The van der Waals surface area contributed by atoms with Crippen LogP contribution < -0.4 is 5.32 Å². The van der Waals surface area contributed by atoms with Crippen molar-refractivity contribution in [3.05, 3.63) is 0 Å². The van der Waals surface area contributed by atoms with Crippen LogP contribution in [0.5, 0.6) is 0 Å². The lowest BCUT2D eigenvalue weighted by molar-refractivity contribution is -0.303. The van der Waals surface area contributed by atoms with E-state index in [-0.39, 0.29) is 0 Å². The molecule has 0 aromatic carbocycles. The normalized spacial score (nSPS) is 31.8. The number of carboxylic acid groups (broad SMARTS) is 1. The molecule has 1 heterocycles. The van der Waals surface area contributed by atoms with E-state index >= 15 is 0 Å². The largest absolute Gasteiger partial charge is 0.477 e. The third kappa shape index (κ3) is 5.25. The number of methoxy groups -OCH3 is 1. The molecule has 0 bridgehead atoms. The van der Waals surface area contributed by atoms with Gasteiger partial charge in [0.25, 0.3) is 5.79 Å². The Morgan fingerprint density at radius 3 is 2.35 bits per heavy atom. The van der Waals surface area contributed by atoms with Crippen LogP contribution in [-0.2, 0) is 19.0 Å². The average molecular weight is 381 g/mol. The highest BCUT2D eigenvalue weighted by atomic mass is 16.7. The second-order valence-corrected chi connectivity index (χ2v) is 7.03. The summed E-state index contributed by atoms with van der Waals surface area (Å²) in [7, 11) is 1.04. The second kappa shape index (κ2) is 8.46. The number of carbonyl (C=O) groups excluding carboxylic acids is 1. The van der Waals surface area contributed by atoms with Gasteiger partial charge in [0, 0.05) is 13.5 Å². The predicted molar refractivity (Wildman–Crippen MR) is 85.1 cm³/mol. The summed E-state index contributed by atoms with van der Waals surface area (Å²) in [5.41, 5.74) is -0.847. The summed E-state index contributed by atoms with van der Waals surface area (Å²) in [4.78, 5) is 23.5. The zero-order valence-corrected chi connectivity index (χ0v) is 15.1. The van der Waals surface area contributed by atoms with Gasteiger partial charge in [-0.3, -0.25) is 0 Å². The topological polar surface area (TPSA) is 175 Å². The smallest absolute Gasteiger partial charge is 0.408 e. The van der Waals surface area contributed by atoms with E-state index in [1.165, 1.54) is 0 Å². The Bertz CT molecular complexity index is 507. The molecule has 11 heteroatoms. The van der Waals surface area contributed by atoms with Crippen molar-refractivity contribution in [2.45, 2.75) is 69.0 Å². The molecule has 1 rings (SSSR count). The van der Waals surface area contributed by atoms with E-state index in [1.54, 1.807) is 20.8 Å². The van der Waals surface area contributed by atoms with Crippen LogP contribution in [0.1, 0.15) is 27.2 Å². The van der Waals surface area contributed by atoms with Crippen LogP contribution >= 0.6 is 0 Å². The van der Waals surface area contributed by atoms with E-state index in [9.17, 15) is 30.0 Å². The first kappa shape index (κ1) is 22.5. The molecule has 0 aliphatic carbocycles. The van der Waals surface area contributed by atoms with E-state index in [1.807, 2.05) is 0 Å². The van der Waals surface area contributed by atoms with Crippen molar-refractivity contribution in [2.24, 2.45) is 0 Å². The Morgan fingerprint density at radius 1 is 1.35 bits per heavy atom. The SMILES string of the molecule is CO[C@@]1(C(=O)O)C[C@H](O)[C@@H](NC(=O)OC(C)(C)C)[C@H]([C@H](O)[C@H](O)CO)O1. The number of alkyl carbamates (subject to hydrolysis) is 1. The van der Waals surface area contributed by atoms with Crippen molar-refractivity contribution in [2.75, 3.05) is 13.7 Å². The lowest BCUT2D eigenvalue weighted by Gasteiger charge is -2.46. The third-order valence-corrected chi connectivity index (χ3v) is 3.83. The van der Waals surface area contributed by atoms with Crippen molar-refractivity contribution < 1.29 is 49.3 Å². The van der Waals surface area contributed by atoms with Crippen molar-refractivity contribution >= 4 is 12.1 Å². The molecule has 0 radical (unpaired) electrons. The summed E-state index contributed by atoms with van der Waals surface area (Å²) in [5, 5.41) is 50.9. The number of rotatable bonds is 6. The Hall–Kier alpha value is -1.50. The van der Waals surface area contributed by atoms with Gasteiger partial charge in [-0.2, -0.15) is 0 Å². The number of carbonyl (C=O) groups is 2. The van der Waals surface area contributed by atoms with Crippen LogP contribution in [0.3, 0.4) is 0 Å². The average Bonchev–Trinajstić information content (AvgIpc) is 2.53. The van der Waals surface area contributed by atoms with Gasteiger partial charge in [0.2, 0.25) is 0 Å². The molecule has 0 aromatic heterocycles. The molecule has 1 aliphatic rings. The highest BCUT2D eigenvalue weighted by Crippen LogP contribution is 2.33. The molecule has 26 heavy (non-hydrogen) atoms. The minimum Gasteiger partial charge on any atom is -0.477 e. The molecule has 11 nitrogen and oxygen atoms in total. The van der Waals surface area contributed by atoms with Crippen molar-refractivity contribution in [1.82, 2.24) is 5.32 Å². The zero-order valence-electron chi connectivity index (χ0n) is 15.1. The summed E-state index contributed by atoms with van der Waals surface area (Å²) in [6, 6.07) is -1.33. The Balaban J connectivity index is 3.13. The van der Waals surface area contributed by atoms with Gasteiger partial charge < -0.3 is 45.1 Å². The van der Waals surface area contributed by atoms with Gasteiger partial charge in [-0.15, -0.1) is 0 Å². The molecule has 0 saturated carbocycles. The minimum atomic E-state index is -2.30. The van der Waals surface area contributed by atoms with Gasteiger partial charge in [-0.1, -0.05) is 0 Å². The van der Waals surface area contributed by atoms with Crippen molar-refractivity contribution in [3.8, 4) is 0 Å². The Labute approximate surface area is 150 Å². The molecule has 6 N–H and O–H groups in total. The number of aliphatic carboxylic acids is 1. The molecule has 0 spiro atoms. The number of hydrogen-bond acceptors (Lipinski definition) is 9. The number of carboxylic acids is 1. The Morgan fingerprint density at radius 2 is 1.92 bits per heavy atom. The van der Waals surface area contributed by atoms with Crippen LogP contribution in [0, 0.1) is 0 Å². The first-order valence-corrected chi connectivity index (χ1v) is 7.98. The van der Waals surface area contributed by atoms with Crippen LogP contribution in [0.2, 0.25) is 0 Å². The summed E-state index contributed by atoms with van der Waals surface area (Å²) in [5.74, 6) is -3.86. The van der Waals surface area contributed by atoms with Gasteiger partial charge in [-0.05, 0) is 20.8 Å². The highest BCUT2D eigenvalue weighted by Gasteiger charge is 2.55. The van der Waals surface area contributed by atoms with E-state index in [0.29, 0.717) is 0 Å².